The second kappa shape index (κ2) is 2.95. The Hall–Kier alpha value is -2.18. The molecule has 2 aromatic rings. The lowest BCUT2D eigenvalue weighted by atomic mass is 10.4. The topological polar surface area (TPSA) is 94.0 Å². The van der Waals surface area contributed by atoms with Crippen molar-refractivity contribution >= 4 is 5.97 Å². The molecule has 0 spiro atoms. The van der Waals surface area contributed by atoms with Crippen LogP contribution in [0.1, 0.15) is 10.6 Å². The van der Waals surface area contributed by atoms with E-state index in [1.54, 1.807) is 24.0 Å². The largest absolute Gasteiger partial charge is 0.475 e. The molecule has 7 nitrogen and oxygen atoms in total. The van der Waals surface area contributed by atoms with Gasteiger partial charge in [0.05, 0.1) is 0 Å². The van der Waals surface area contributed by atoms with E-state index >= 15 is 0 Å². The van der Waals surface area contributed by atoms with Crippen molar-refractivity contribution in [3.05, 3.63) is 18.1 Å². The van der Waals surface area contributed by atoms with Crippen LogP contribution in [0.3, 0.4) is 0 Å². The van der Waals surface area contributed by atoms with Gasteiger partial charge in [0.1, 0.15) is 0 Å². The summed E-state index contributed by atoms with van der Waals surface area (Å²) in [6.07, 6.45) is 1.69. The fraction of sp³-hybridized carbons (Fsp3) is 0.143. The van der Waals surface area contributed by atoms with Crippen LogP contribution in [0.15, 0.2) is 16.8 Å². The number of nitrogens with zero attached hydrogens (tertiary/aromatic N) is 4. The van der Waals surface area contributed by atoms with Gasteiger partial charge in [0.25, 0.3) is 11.7 Å². The quantitative estimate of drug-likeness (QED) is 0.732. The number of carbonyl (C=O) groups is 1. The van der Waals surface area contributed by atoms with E-state index in [4.69, 9.17) is 9.63 Å². The minimum Gasteiger partial charge on any atom is -0.475 e. The lowest BCUT2D eigenvalue weighted by Gasteiger charge is -1.84. The Morgan fingerprint density at radius 2 is 2.43 bits per heavy atom. The van der Waals surface area contributed by atoms with Crippen LogP contribution in [-0.2, 0) is 7.05 Å². The molecule has 0 amide bonds. The highest BCUT2D eigenvalue weighted by Crippen LogP contribution is 2.13. The highest BCUT2D eigenvalue weighted by atomic mass is 16.5. The second-order valence-electron chi connectivity index (χ2n) is 2.60. The van der Waals surface area contributed by atoms with Crippen LogP contribution in [0.4, 0.5) is 0 Å². The molecule has 7 heteroatoms. The summed E-state index contributed by atoms with van der Waals surface area (Å²) in [4.78, 5) is 14.1. The molecule has 0 saturated heterocycles. The van der Waals surface area contributed by atoms with Crippen molar-refractivity contribution in [2.24, 2.45) is 7.05 Å². The van der Waals surface area contributed by atoms with Crippen LogP contribution >= 0.6 is 0 Å². The molecule has 0 aromatic carbocycles. The highest BCUT2D eigenvalue weighted by molar-refractivity contribution is 5.83. The Bertz CT molecular complexity index is 473. The van der Waals surface area contributed by atoms with Gasteiger partial charge in [-0.25, -0.2) is 4.79 Å². The first kappa shape index (κ1) is 8.42. The van der Waals surface area contributed by atoms with Crippen LogP contribution in [0.5, 0.6) is 0 Å². The van der Waals surface area contributed by atoms with Gasteiger partial charge < -0.3 is 9.63 Å². The first-order valence-electron chi connectivity index (χ1n) is 3.74. The predicted octanol–water partition coefficient (Wildman–Crippen LogP) is 0.168. The normalized spacial score (nSPS) is 10.4. The zero-order valence-electron chi connectivity index (χ0n) is 7.21. The molecule has 0 aliphatic rings. The minimum absolute atomic E-state index is 0.100. The zero-order valence-corrected chi connectivity index (χ0v) is 7.21. The van der Waals surface area contributed by atoms with Gasteiger partial charge in [-0.15, -0.1) is 0 Å². The van der Waals surface area contributed by atoms with Gasteiger partial charge in [0, 0.05) is 13.2 Å². The van der Waals surface area contributed by atoms with Crippen LogP contribution in [0.2, 0.25) is 0 Å². The summed E-state index contributed by atoms with van der Waals surface area (Å²) in [5, 5.41) is 15.8. The summed E-state index contributed by atoms with van der Waals surface area (Å²) in [7, 11) is 1.73. The van der Waals surface area contributed by atoms with Crippen molar-refractivity contribution < 1.29 is 14.4 Å². The van der Waals surface area contributed by atoms with Crippen molar-refractivity contribution in [2.75, 3.05) is 0 Å². The molecule has 0 radical (unpaired) electrons. The van der Waals surface area contributed by atoms with Crippen molar-refractivity contribution in [3.8, 4) is 11.6 Å². The number of carboxylic acids is 1. The molecule has 0 bridgehead atoms. The van der Waals surface area contributed by atoms with Gasteiger partial charge >= 0.3 is 5.97 Å². The van der Waals surface area contributed by atoms with E-state index in [1.807, 2.05) is 0 Å². The number of rotatable bonds is 2. The molecule has 0 aliphatic heterocycles. The van der Waals surface area contributed by atoms with Crippen LogP contribution in [0, 0.1) is 0 Å². The molecule has 2 rings (SSSR count). The number of carboxylic acid groups (broad SMARTS) is 1. The highest BCUT2D eigenvalue weighted by Gasteiger charge is 2.15. The predicted molar refractivity (Wildman–Crippen MR) is 43.5 cm³/mol. The molecule has 1 N–H and O–H groups in total. The zero-order chi connectivity index (χ0) is 10.1. The Labute approximate surface area is 78.0 Å². The van der Waals surface area contributed by atoms with Crippen molar-refractivity contribution in [1.82, 2.24) is 19.9 Å². The maximum absolute atomic E-state index is 10.4. The van der Waals surface area contributed by atoms with E-state index in [9.17, 15) is 4.79 Å². The third-order valence-corrected chi connectivity index (χ3v) is 1.55. The van der Waals surface area contributed by atoms with Crippen LogP contribution < -0.4 is 0 Å². The fourth-order valence-corrected chi connectivity index (χ4v) is 0.944. The summed E-state index contributed by atoms with van der Waals surface area (Å²) >= 11 is 0. The van der Waals surface area contributed by atoms with Crippen LogP contribution in [0.25, 0.3) is 11.6 Å². The summed E-state index contributed by atoms with van der Waals surface area (Å²) in [6, 6.07) is 1.65. The molecule has 14 heavy (non-hydrogen) atoms. The summed E-state index contributed by atoms with van der Waals surface area (Å²) in [5.41, 5.74) is 0.451. The second-order valence-corrected chi connectivity index (χ2v) is 2.60. The average molecular weight is 194 g/mol. The van der Waals surface area contributed by atoms with E-state index in [0.29, 0.717) is 5.69 Å². The smallest absolute Gasteiger partial charge is 0.377 e. The van der Waals surface area contributed by atoms with Crippen LogP contribution in [-0.4, -0.2) is 31.0 Å². The maximum atomic E-state index is 10.4. The Morgan fingerprint density at radius 3 is 2.93 bits per heavy atom. The lowest BCUT2D eigenvalue weighted by Crippen LogP contribution is -1.98. The number of aromatic nitrogens is 4. The Morgan fingerprint density at radius 1 is 1.64 bits per heavy atom. The van der Waals surface area contributed by atoms with E-state index in [1.165, 1.54) is 0 Å². The van der Waals surface area contributed by atoms with Gasteiger partial charge in [-0.2, -0.15) is 10.1 Å². The summed E-state index contributed by atoms with van der Waals surface area (Å²) in [5.74, 6) is -1.50. The van der Waals surface area contributed by atoms with E-state index < -0.39 is 5.97 Å². The number of aromatic carboxylic acids is 1. The first-order chi connectivity index (χ1) is 6.66. The van der Waals surface area contributed by atoms with Crippen molar-refractivity contribution in [1.29, 1.82) is 0 Å². The maximum Gasteiger partial charge on any atom is 0.377 e. The number of aryl methyl sites for hydroxylation is 1. The average Bonchev–Trinajstić information content (AvgIpc) is 2.70. The van der Waals surface area contributed by atoms with E-state index in [2.05, 4.69) is 15.2 Å². The van der Waals surface area contributed by atoms with Crippen molar-refractivity contribution in [2.45, 2.75) is 0 Å². The van der Waals surface area contributed by atoms with Gasteiger partial charge in [0.2, 0.25) is 0 Å². The Kier molecular flexibility index (Phi) is 1.77. The summed E-state index contributed by atoms with van der Waals surface area (Å²) < 4.78 is 6.26. The molecule has 2 aromatic heterocycles. The molecule has 72 valence electrons. The first-order valence-corrected chi connectivity index (χ1v) is 3.74. The molecular weight excluding hydrogens is 188 g/mol. The molecule has 0 fully saturated rings. The third kappa shape index (κ3) is 1.35. The van der Waals surface area contributed by atoms with Gasteiger partial charge in [-0.3, -0.25) is 4.68 Å². The SMILES string of the molecule is Cn1ccc(-c2nc(C(=O)O)no2)n1. The number of hydrogen-bond acceptors (Lipinski definition) is 5. The monoisotopic (exact) mass is 194 g/mol. The fourth-order valence-electron chi connectivity index (χ4n) is 0.944. The van der Waals surface area contributed by atoms with Gasteiger partial charge in [0.15, 0.2) is 5.69 Å². The Balaban J connectivity index is 2.38. The molecule has 2 heterocycles. The standard InChI is InChI=1S/C7H6N4O3/c1-11-3-2-4(9-11)6-8-5(7(12)13)10-14-6/h2-3H,1H3,(H,12,13). The van der Waals surface area contributed by atoms with Crippen molar-refractivity contribution in [3.63, 3.8) is 0 Å². The minimum atomic E-state index is -1.23. The number of hydrogen-bond donors (Lipinski definition) is 1. The van der Waals surface area contributed by atoms with Gasteiger partial charge in [-0.05, 0) is 11.2 Å². The van der Waals surface area contributed by atoms with E-state index in [-0.39, 0.29) is 11.7 Å². The van der Waals surface area contributed by atoms with Gasteiger partial charge in [-0.1, -0.05) is 0 Å². The van der Waals surface area contributed by atoms with E-state index in [0.717, 1.165) is 0 Å². The molecule has 0 saturated carbocycles. The molecule has 0 unspecified atom stereocenters. The third-order valence-electron chi connectivity index (χ3n) is 1.55. The molecular formula is C7H6N4O3. The summed E-state index contributed by atoms with van der Waals surface area (Å²) in [6.45, 7) is 0. The molecule has 0 atom stereocenters. The lowest BCUT2D eigenvalue weighted by molar-refractivity contribution is 0.0680. The molecule has 0 aliphatic carbocycles.